The van der Waals surface area contributed by atoms with Crippen LogP contribution in [0.2, 0.25) is 0 Å². The Morgan fingerprint density at radius 1 is 1.10 bits per heavy atom. The summed E-state index contributed by atoms with van der Waals surface area (Å²) in [6.07, 6.45) is 1.71. The molecule has 0 unspecified atom stereocenters. The fourth-order valence-electron chi connectivity index (χ4n) is 2.65. The van der Waals surface area contributed by atoms with Crippen LogP contribution in [-0.4, -0.2) is 35.4 Å². The Balaban J connectivity index is 1.37. The van der Waals surface area contributed by atoms with Crippen molar-refractivity contribution < 1.29 is 13.2 Å². The van der Waals surface area contributed by atoms with Gasteiger partial charge in [-0.05, 0) is 49.2 Å². The number of nitrogens with zero attached hydrogens (tertiary/aromatic N) is 3. The predicted octanol–water partition coefficient (Wildman–Crippen LogP) is 0.376. The van der Waals surface area contributed by atoms with E-state index in [-0.39, 0.29) is 17.5 Å². The molecule has 0 bridgehead atoms. The summed E-state index contributed by atoms with van der Waals surface area (Å²) in [6, 6.07) is 12.7. The Morgan fingerprint density at radius 2 is 1.83 bits per heavy atom. The van der Waals surface area contributed by atoms with Crippen molar-refractivity contribution in [3.05, 3.63) is 58.9 Å². The third kappa shape index (κ3) is 4.41. The number of hydrogen-bond acceptors (Lipinski definition) is 7. The molecule has 1 heterocycles. The molecule has 10 nitrogen and oxygen atoms in total. The van der Waals surface area contributed by atoms with Crippen molar-refractivity contribution in [2.45, 2.75) is 30.3 Å². The Morgan fingerprint density at radius 3 is 2.55 bits per heavy atom. The van der Waals surface area contributed by atoms with Crippen LogP contribution in [0.4, 0.5) is 5.69 Å². The van der Waals surface area contributed by atoms with Crippen LogP contribution in [0.1, 0.15) is 12.8 Å². The molecule has 1 amide bonds. The van der Waals surface area contributed by atoms with Gasteiger partial charge in [-0.3, -0.25) is 20.4 Å². The standard InChI is InChI=1S/C18H18N6O4S/c25-17(11-24-18(26)15-3-1-2-4-16(15)20-23-24)21-19-12-7-9-14(10-8-12)29(27,28)22-13-5-6-13/h1-4,7-10,13,19,22H,5-6,11H2,(H,21,25). The molecule has 3 N–H and O–H groups in total. The summed E-state index contributed by atoms with van der Waals surface area (Å²) in [5.41, 5.74) is 5.65. The normalized spacial score (nSPS) is 13.9. The molecule has 1 saturated carbocycles. The number of anilines is 1. The minimum atomic E-state index is -3.53. The van der Waals surface area contributed by atoms with Crippen LogP contribution in [-0.2, 0) is 21.4 Å². The molecule has 0 saturated heterocycles. The van der Waals surface area contributed by atoms with E-state index in [4.69, 9.17) is 0 Å². The number of nitrogens with one attached hydrogen (secondary N) is 3. The maximum absolute atomic E-state index is 12.3. The van der Waals surface area contributed by atoms with Crippen LogP contribution in [0.3, 0.4) is 0 Å². The molecule has 3 aromatic rings. The lowest BCUT2D eigenvalue weighted by Gasteiger charge is -2.10. The second-order valence-corrected chi connectivity index (χ2v) is 8.38. The van der Waals surface area contributed by atoms with E-state index in [0.717, 1.165) is 17.5 Å². The van der Waals surface area contributed by atoms with Crippen molar-refractivity contribution in [3.8, 4) is 0 Å². The van der Waals surface area contributed by atoms with Gasteiger partial charge in [0.15, 0.2) is 0 Å². The number of fused-ring (bicyclic) bond motifs is 1. The Kier molecular flexibility index (Phi) is 4.99. The highest BCUT2D eigenvalue weighted by atomic mass is 32.2. The van der Waals surface area contributed by atoms with E-state index in [1.54, 1.807) is 24.3 Å². The quantitative estimate of drug-likeness (QED) is 0.476. The van der Waals surface area contributed by atoms with Gasteiger partial charge >= 0.3 is 0 Å². The number of amides is 1. The van der Waals surface area contributed by atoms with Crippen molar-refractivity contribution >= 4 is 32.5 Å². The molecule has 0 spiro atoms. The van der Waals surface area contributed by atoms with Crippen molar-refractivity contribution in [2.75, 3.05) is 5.43 Å². The van der Waals surface area contributed by atoms with Crippen LogP contribution in [0.15, 0.2) is 58.2 Å². The molecule has 1 aliphatic rings. The predicted molar refractivity (Wildman–Crippen MR) is 105 cm³/mol. The number of benzene rings is 2. The number of carbonyl (C=O) groups excluding carboxylic acids is 1. The molecule has 2 aromatic carbocycles. The molecular weight excluding hydrogens is 396 g/mol. The van der Waals surface area contributed by atoms with Crippen LogP contribution in [0, 0.1) is 0 Å². The molecule has 4 rings (SSSR count). The monoisotopic (exact) mass is 414 g/mol. The zero-order valence-corrected chi connectivity index (χ0v) is 16.0. The number of aromatic nitrogens is 3. The molecule has 1 aromatic heterocycles. The minimum absolute atomic E-state index is 0.0266. The molecule has 0 radical (unpaired) electrons. The topological polar surface area (TPSA) is 135 Å². The number of carbonyl (C=O) groups is 1. The van der Waals surface area contributed by atoms with Gasteiger partial charge in [0.25, 0.3) is 11.5 Å². The molecule has 150 valence electrons. The second-order valence-electron chi connectivity index (χ2n) is 6.66. The van der Waals surface area contributed by atoms with Crippen LogP contribution >= 0.6 is 0 Å². The van der Waals surface area contributed by atoms with E-state index >= 15 is 0 Å². The largest absolute Gasteiger partial charge is 0.299 e. The van der Waals surface area contributed by atoms with Gasteiger partial charge in [-0.15, -0.1) is 5.10 Å². The summed E-state index contributed by atoms with van der Waals surface area (Å²) in [7, 11) is -3.53. The zero-order valence-electron chi connectivity index (χ0n) is 15.2. The van der Waals surface area contributed by atoms with Gasteiger partial charge in [-0.1, -0.05) is 17.3 Å². The van der Waals surface area contributed by atoms with Crippen LogP contribution < -0.4 is 21.1 Å². The SMILES string of the molecule is O=C(Cn1nnc2ccccc2c1=O)NNc1ccc(S(=O)(=O)NC2CC2)cc1. The maximum Gasteiger partial charge on any atom is 0.278 e. The fraction of sp³-hybridized carbons (Fsp3) is 0.222. The van der Waals surface area contributed by atoms with E-state index < -0.39 is 21.5 Å². The smallest absolute Gasteiger partial charge is 0.278 e. The lowest BCUT2D eigenvalue weighted by Crippen LogP contribution is -2.37. The average molecular weight is 414 g/mol. The van der Waals surface area contributed by atoms with Crippen LogP contribution in [0.25, 0.3) is 10.9 Å². The third-order valence-electron chi connectivity index (χ3n) is 4.33. The first-order valence-electron chi connectivity index (χ1n) is 8.92. The summed E-state index contributed by atoms with van der Waals surface area (Å²) >= 11 is 0. The average Bonchev–Trinajstić information content (AvgIpc) is 3.52. The number of hydrogen-bond donors (Lipinski definition) is 3. The van der Waals surface area contributed by atoms with E-state index in [1.807, 2.05) is 0 Å². The summed E-state index contributed by atoms with van der Waals surface area (Å²) in [6.45, 7) is -0.318. The summed E-state index contributed by atoms with van der Waals surface area (Å²) in [5, 5.41) is 8.06. The zero-order chi connectivity index (χ0) is 20.4. The summed E-state index contributed by atoms with van der Waals surface area (Å²) in [4.78, 5) is 24.6. The number of hydrazine groups is 1. The second kappa shape index (κ2) is 7.60. The third-order valence-corrected chi connectivity index (χ3v) is 5.87. The van der Waals surface area contributed by atoms with Gasteiger partial charge in [0.2, 0.25) is 10.0 Å². The molecule has 1 fully saturated rings. The van der Waals surface area contributed by atoms with E-state index in [1.165, 1.54) is 24.3 Å². The molecule has 1 aliphatic carbocycles. The number of rotatable bonds is 7. The van der Waals surface area contributed by atoms with Crippen molar-refractivity contribution in [1.82, 2.24) is 25.1 Å². The highest BCUT2D eigenvalue weighted by molar-refractivity contribution is 7.89. The summed E-state index contributed by atoms with van der Waals surface area (Å²) < 4.78 is 27.9. The van der Waals surface area contributed by atoms with Gasteiger partial charge < -0.3 is 0 Å². The van der Waals surface area contributed by atoms with Crippen molar-refractivity contribution in [3.63, 3.8) is 0 Å². The first-order chi connectivity index (χ1) is 13.9. The lowest BCUT2D eigenvalue weighted by atomic mass is 10.2. The van der Waals surface area contributed by atoms with Crippen molar-refractivity contribution in [1.29, 1.82) is 0 Å². The highest BCUT2D eigenvalue weighted by Gasteiger charge is 2.27. The molecular formula is C18H18N6O4S. The highest BCUT2D eigenvalue weighted by Crippen LogP contribution is 2.22. The molecule has 29 heavy (non-hydrogen) atoms. The molecule has 0 aliphatic heterocycles. The van der Waals surface area contributed by atoms with Crippen molar-refractivity contribution in [2.24, 2.45) is 0 Å². The first-order valence-corrected chi connectivity index (χ1v) is 10.4. The van der Waals surface area contributed by atoms with Gasteiger partial charge in [-0.25, -0.2) is 17.8 Å². The minimum Gasteiger partial charge on any atom is -0.299 e. The first kappa shape index (κ1) is 19.0. The van der Waals surface area contributed by atoms with E-state index in [9.17, 15) is 18.0 Å². The molecule has 11 heteroatoms. The fourth-order valence-corrected chi connectivity index (χ4v) is 3.96. The lowest BCUT2D eigenvalue weighted by molar-refractivity contribution is -0.121. The van der Waals surface area contributed by atoms with Crippen LogP contribution in [0.5, 0.6) is 0 Å². The summed E-state index contributed by atoms with van der Waals surface area (Å²) in [5.74, 6) is -0.510. The van der Waals surface area contributed by atoms with E-state index in [2.05, 4.69) is 25.9 Å². The van der Waals surface area contributed by atoms with Gasteiger partial charge in [0, 0.05) is 6.04 Å². The Bertz CT molecular complexity index is 1220. The van der Waals surface area contributed by atoms with E-state index in [0.29, 0.717) is 16.6 Å². The Labute approximate surface area is 165 Å². The van der Waals surface area contributed by atoms with Gasteiger partial charge in [0.05, 0.1) is 16.0 Å². The Hall–Kier alpha value is -3.31. The number of sulfonamides is 1. The molecule has 0 atom stereocenters. The van der Waals surface area contributed by atoms with Gasteiger partial charge in [-0.2, -0.15) is 0 Å². The van der Waals surface area contributed by atoms with Gasteiger partial charge in [0.1, 0.15) is 12.1 Å². The maximum atomic E-state index is 12.3.